The van der Waals surface area contributed by atoms with Crippen LogP contribution in [0.2, 0.25) is 0 Å². The molecule has 0 aliphatic carbocycles. The largest absolute Gasteiger partial charge is 0.409 e. The summed E-state index contributed by atoms with van der Waals surface area (Å²) < 4.78 is 1.73. The molecular weight excluding hydrogens is 262 g/mol. The number of oxime groups is 1. The van der Waals surface area contributed by atoms with Gasteiger partial charge in [0, 0.05) is 18.0 Å². The molecule has 1 aromatic heterocycles. The SMILES string of the molecule is CCCCc1ccc(C(=NO)n2ccnc2)c(C(C)C)c1. The second-order valence-electron chi connectivity index (χ2n) is 5.57. The molecule has 4 heteroatoms. The van der Waals surface area contributed by atoms with E-state index in [-0.39, 0.29) is 0 Å². The second-order valence-corrected chi connectivity index (χ2v) is 5.57. The van der Waals surface area contributed by atoms with Crippen LogP contribution in [0.5, 0.6) is 0 Å². The predicted molar refractivity (Wildman–Crippen MR) is 85.1 cm³/mol. The summed E-state index contributed by atoms with van der Waals surface area (Å²) in [5, 5.41) is 12.9. The lowest BCUT2D eigenvalue weighted by Gasteiger charge is -2.16. The van der Waals surface area contributed by atoms with Gasteiger partial charge in [-0.2, -0.15) is 0 Å². The molecule has 0 aliphatic rings. The van der Waals surface area contributed by atoms with Crippen molar-refractivity contribution in [1.82, 2.24) is 9.55 Å². The van der Waals surface area contributed by atoms with Crippen LogP contribution in [0, 0.1) is 0 Å². The third-order valence-corrected chi connectivity index (χ3v) is 3.64. The van der Waals surface area contributed by atoms with Gasteiger partial charge in [0.05, 0.1) is 0 Å². The highest BCUT2D eigenvalue weighted by Crippen LogP contribution is 2.23. The molecule has 0 atom stereocenters. The fraction of sp³-hybridized carbons (Fsp3) is 0.412. The molecular formula is C17H23N3O. The average molecular weight is 285 g/mol. The van der Waals surface area contributed by atoms with Crippen LogP contribution in [0.4, 0.5) is 0 Å². The normalized spacial score (nSPS) is 12.1. The van der Waals surface area contributed by atoms with E-state index >= 15 is 0 Å². The van der Waals surface area contributed by atoms with Crippen molar-refractivity contribution in [3.05, 3.63) is 53.6 Å². The Morgan fingerprint density at radius 3 is 2.76 bits per heavy atom. The Labute approximate surface area is 126 Å². The summed E-state index contributed by atoms with van der Waals surface area (Å²) in [5.74, 6) is 0.875. The first-order valence-corrected chi connectivity index (χ1v) is 7.51. The Kier molecular flexibility index (Phi) is 5.14. The average Bonchev–Trinajstić information content (AvgIpc) is 3.00. The van der Waals surface area contributed by atoms with Crippen molar-refractivity contribution in [1.29, 1.82) is 0 Å². The number of hydrogen-bond acceptors (Lipinski definition) is 3. The highest BCUT2D eigenvalue weighted by molar-refractivity contribution is 6.01. The summed E-state index contributed by atoms with van der Waals surface area (Å²) >= 11 is 0. The highest BCUT2D eigenvalue weighted by Gasteiger charge is 2.15. The first kappa shape index (κ1) is 15.3. The van der Waals surface area contributed by atoms with E-state index in [1.165, 1.54) is 24.0 Å². The van der Waals surface area contributed by atoms with E-state index in [1.54, 1.807) is 23.3 Å². The molecule has 1 N–H and O–H groups in total. The van der Waals surface area contributed by atoms with Crippen molar-refractivity contribution in [2.75, 3.05) is 0 Å². The molecule has 0 amide bonds. The minimum atomic E-state index is 0.363. The number of rotatable bonds is 5. The molecule has 112 valence electrons. The Bertz CT molecular complexity index is 601. The van der Waals surface area contributed by atoms with Crippen LogP contribution in [0.3, 0.4) is 0 Å². The minimum absolute atomic E-state index is 0.363. The van der Waals surface area contributed by atoms with E-state index in [0.717, 1.165) is 12.0 Å². The zero-order valence-electron chi connectivity index (χ0n) is 13.0. The molecule has 21 heavy (non-hydrogen) atoms. The lowest BCUT2D eigenvalue weighted by atomic mass is 9.93. The molecule has 0 radical (unpaired) electrons. The van der Waals surface area contributed by atoms with Crippen LogP contribution in [-0.4, -0.2) is 20.6 Å². The molecule has 0 fully saturated rings. The quantitative estimate of drug-likeness (QED) is 0.390. The lowest BCUT2D eigenvalue weighted by molar-refractivity contribution is 0.317. The van der Waals surface area contributed by atoms with E-state index in [9.17, 15) is 5.21 Å². The van der Waals surface area contributed by atoms with E-state index in [4.69, 9.17) is 0 Å². The number of benzene rings is 1. The molecule has 2 aromatic rings. The summed E-state index contributed by atoms with van der Waals surface area (Å²) in [6, 6.07) is 6.41. The number of aryl methyl sites for hydroxylation is 1. The van der Waals surface area contributed by atoms with Crippen LogP contribution in [0.25, 0.3) is 0 Å². The molecule has 1 heterocycles. The van der Waals surface area contributed by atoms with Crippen molar-refractivity contribution in [3.8, 4) is 0 Å². The first-order valence-electron chi connectivity index (χ1n) is 7.51. The van der Waals surface area contributed by atoms with Crippen LogP contribution in [-0.2, 0) is 6.42 Å². The summed E-state index contributed by atoms with van der Waals surface area (Å²) in [6.45, 7) is 6.52. The summed E-state index contributed by atoms with van der Waals surface area (Å²) in [7, 11) is 0. The van der Waals surface area contributed by atoms with Gasteiger partial charge in [-0.3, -0.25) is 4.57 Å². The molecule has 4 nitrogen and oxygen atoms in total. The third-order valence-electron chi connectivity index (χ3n) is 3.64. The van der Waals surface area contributed by atoms with Crippen molar-refractivity contribution in [3.63, 3.8) is 0 Å². The molecule has 0 unspecified atom stereocenters. The standard InChI is InChI=1S/C17H23N3O/c1-4-5-6-14-7-8-15(16(11-14)13(2)3)17(19-21)20-10-9-18-12-20/h7-13,21H,4-6H2,1-3H3. The Balaban J connectivity index is 2.43. The molecule has 2 rings (SSSR count). The Morgan fingerprint density at radius 1 is 1.38 bits per heavy atom. The van der Waals surface area contributed by atoms with E-state index < -0.39 is 0 Å². The Morgan fingerprint density at radius 2 is 2.19 bits per heavy atom. The van der Waals surface area contributed by atoms with E-state index in [0.29, 0.717) is 11.8 Å². The fourth-order valence-electron chi connectivity index (χ4n) is 2.46. The number of imidazole rings is 1. The maximum atomic E-state index is 9.41. The topological polar surface area (TPSA) is 50.4 Å². The van der Waals surface area contributed by atoms with Gasteiger partial charge in [-0.1, -0.05) is 50.5 Å². The molecule has 0 bridgehead atoms. The second kappa shape index (κ2) is 7.07. The van der Waals surface area contributed by atoms with Crippen molar-refractivity contribution < 1.29 is 5.21 Å². The van der Waals surface area contributed by atoms with Gasteiger partial charge in [-0.25, -0.2) is 4.98 Å². The van der Waals surface area contributed by atoms with Gasteiger partial charge in [0.15, 0.2) is 5.84 Å². The smallest absolute Gasteiger partial charge is 0.184 e. The van der Waals surface area contributed by atoms with E-state index in [2.05, 4.69) is 49.1 Å². The molecule has 0 saturated heterocycles. The molecule has 0 saturated carbocycles. The highest BCUT2D eigenvalue weighted by atomic mass is 16.4. The van der Waals surface area contributed by atoms with Gasteiger partial charge in [0.2, 0.25) is 0 Å². The number of aromatic nitrogens is 2. The zero-order chi connectivity index (χ0) is 15.2. The third kappa shape index (κ3) is 3.51. The van der Waals surface area contributed by atoms with Crippen LogP contribution in [0.15, 0.2) is 42.1 Å². The zero-order valence-corrected chi connectivity index (χ0v) is 13.0. The van der Waals surface area contributed by atoms with Crippen LogP contribution < -0.4 is 0 Å². The van der Waals surface area contributed by atoms with Crippen molar-refractivity contribution in [2.45, 2.75) is 46.0 Å². The van der Waals surface area contributed by atoms with Gasteiger partial charge in [0.25, 0.3) is 0 Å². The molecule has 1 aromatic carbocycles. The maximum absolute atomic E-state index is 9.41. The van der Waals surface area contributed by atoms with Gasteiger partial charge in [0.1, 0.15) is 6.33 Å². The monoisotopic (exact) mass is 285 g/mol. The lowest BCUT2D eigenvalue weighted by Crippen LogP contribution is -2.15. The fourth-order valence-corrected chi connectivity index (χ4v) is 2.46. The summed E-state index contributed by atoms with van der Waals surface area (Å²) in [5.41, 5.74) is 3.49. The number of nitrogens with zero attached hydrogens (tertiary/aromatic N) is 3. The van der Waals surface area contributed by atoms with Crippen LogP contribution >= 0.6 is 0 Å². The Hall–Kier alpha value is -2.10. The van der Waals surface area contributed by atoms with Gasteiger partial charge in [-0.15, -0.1) is 0 Å². The van der Waals surface area contributed by atoms with Crippen molar-refractivity contribution in [2.24, 2.45) is 5.16 Å². The molecule has 0 aliphatic heterocycles. The van der Waals surface area contributed by atoms with Gasteiger partial charge < -0.3 is 5.21 Å². The first-order chi connectivity index (χ1) is 10.2. The summed E-state index contributed by atoms with van der Waals surface area (Å²) in [6.07, 6.45) is 8.58. The number of hydrogen-bond donors (Lipinski definition) is 1. The predicted octanol–water partition coefficient (Wildman–Crippen LogP) is 4.03. The maximum Gasteiger partial charge on any atom is 0.184 e. The molecule has 0 spiro atoms. The number of unbranched alkanes of at least 4 members (excludes halogenated alkanes) is 1. The van der Waals surface area contributed by atoms with Crippen LogP contribution in [0.1, 0.15) is 56.2 Å². The van der Waals surface area contributed by atoms with Gasteiger partial charge >= 0.3 is 0 Å². The van der Waals surface area contributed by atoms with Crippen molar-refractivity contribution >= 4 is 5.84 Å². The van der Waals surface area contributed by atoms with Gasteiger partial charge in [-0.05, 0) is 29.9 Å². The minimum Gasteiger partial charge on any atom is -0.409 e. The van der Waals surface area contributed by atoms with E-state index in [1.807, 2.05) is 0 Å². The summed E-state index contributed by atoms with van der Waals surface area (Å²) in [4.78, 5) is 4.02.